The maximum absolute atomic E-state index is 14.8. The summed E-state index contributed by atoms with van der Waals surface area (Å²) in [4.78, 5) is 64.3. The van der Waals surface area contributed by atoms with Gasteiger partial charge in [-0.15, -0.1) is 0 Å². The first-order valence-electron chi connectivity index (χ1n) is 16.4. The number of aliphatic hydroxyl groups excluding tert-OH is 1. The van der Waals surface area contributed by atoms with Crippen molar-refractivity contribution in [3.63, 3.8) is 0 Å². The number of carbonyl (C=O) groups is 4. The van der Waals surface area contributed by atoms with E-state index >= 15 is 0 Å². The number of hydrogen-bond acceptors (Lipinski definition) is 9. The van der Waals surface area contributed by atoms with Crippen molar-refractivity contribution < 1.29 is 37.8 Å². The van der Waals surface area contributed by atoms with Gasteiger partial charge >= 0.3 is 6.09 Å². The smallest absolute Gasteiger partial charge is 0.411 e. The summed E-state index contributed by atoms with van der Waals surface area (Å²) in [6.07, 6.45) is 0.802. The van der Waals surface area contributed by atoms with Crippen LogP contribution in [0.2, 0.25) is 5.02 Å². The van der Waals surface area contributed by atoms with Gasteiger partial charge < -0.3 is 34.8 Å². The fraction of sp³-hybridized carbons (Fsp3) is 0.471. The number of hydrogen-bond donors (Lipinski definition) is 3. The molecular formula is C34H41ClF2N8O6. The van der Waals surface area contributed by atoms with Gasteiger partial charge in [0, 0.05) is 52.4 Å². The quantitative estimate of drug-likeness (QED) is 0.307. The second-order valence-electron chi connectivity index (χ2n) is 13.8. The number of rotatable bonds is 7. The number of anilines is 2. The number of nitrogens with zero attached hydrogens (tertiary/aromatic N) is 6. The SMILES string of the molecule is CN(C)c1nc(F)c(-c2cnc(C(=O)Nc3ccc(C(=O)NC4CCN(C(=O)[C@@H]5C[C@@H](O)CN5C(=O)OC(C)(C)C)CC4)c(Cl)c3)n2C)cc1F. The first-order chi connectivity index (χ1) is 23.9. The molecule has 2 atom stereocenters. The van der Waals surface area contributed by atoms with Crippen LogP contribution < -0.4 is 15.5 Å². The van der Waals surface area contributed by atoms with Gasteiger partial charge in [-0.1, -0.05) is 11.6 Å². The molecule has 274 valence electrons. The highest BCUT2D eigenvalue weighted by atomic mass is 35.5. The zero-order valence-electron chi connectivity index (χ0n) is 29.2. The number of pyridine rings is 1. The predicted molar refractivity (Wildman–Crippen MR) is 185 cm³/mol. The average molecular weight is 731 g/mol. The minimum Gasteiger partial charge on any atom is -0.444 e. The molecule has 0 saturated carbocycles. The Hall–Kier alpha value is -4.83. The van der Waals surface area contributed by atoms with Crippen LogP contribution in [0, 0.1) is 11.8 Å². The molecule has 2 aliphatic rings. The molecule has 2 fully saturated rings. The number of nitrogens with one attached hydrogen (secondary N) is 2. The molecule has 14 nitrogen and oxygen atoms in total. The number of halogens is 3. The summed E-state index contributed by atoms with van der Waals surface area (Å²) in [5.74, 6) is -3.29. The van der Waals surface area contributed by atoms with Gasteiger partial charge in [0.25, 0.3) is 11.8 Å². The Balaban J connectivity index is 1.16. The van der Waals surface area contributed by atoms with Crippen molar-refractivity contribution in [2.45, 2.75) is 63.8 Å². The van der Waals surface area contributed by atoms with Crippen LogP contribution in [0.25, 0.3) is 11.3 Å². The van der Waals surface area contributed by atoms with Gasteiger partial charge in [-0.3, -0.25) is 19.3 Å². The van der Waals surface area contributed by atoms with E-state index in [-0.39, 0.29) is 64.1 Å². The molecule has 0 spiro atoms. The number of carbonyl (C=O) groups excluding carboxylic acids is 4. The number of amides is 4. The zero-order valence-corrected chi connectivity index (χ0v) is 29.9. The number of likely N-dealkylation sites (tertiary alicyclic amines) is 2. The van der Waals surface area contributed by atoms with Crippen LogP contribution in [0.5, 0.6) is 0 Å². The Morgan fingerprint density at radius 1 is 1.08 bits per heavy atom. The number of β-amino-alcohol motifs (C(OH)–C–C–N with tert-alkyl or cyclic N) is 1. The van der Waals surface area contributed by atoms with E-state index in [1.165, 1.54) is 59.9 Å². The molecule has 0 radical (unpaired) electrons. The molecule has 51 heavy (non-hydrogen) atoms. The van der Waals surface area contributed by atoms with Crippen molar-refractivity contribution >= 4 is 46.9 Å². The van der Waals surface area contributed by atoms with Gasteiger partial charge in [0.2, 0.25) is 11.9 Å². The van der Waals surface area contributed by atoms with Crippen molar-refractivity contribution in [2.75, 3.05) is 43.9 Å². The van der Waals surface area contributed by atoms with E-state index in [1.54, 1.807) is 25.7 Å². The third kappa shape index (κ3) is 8.39. The summed E-state index contributed by atoms with van der Waals surface area (Å²) in [7, 11) is 4.55. The van der Waals surface area contributed by atoms with Gasteiger partial charge in [0.15, 0.2) is 17.5 Å². The Morgan fingerprint density at radius 2 is 1.76 bits per heavy atom. The van der Waals surface area contributed by atoms with Gasteiger partial charge in [-0.05, 0) is 57.9 Å². The fourth-order valence-corrected chi connectivity index (χ4v) is 6.34. The molecule has 1 aromatic carbocycles. The van der Waals surface area contributed by atoms with E-state index < -0.39 is 47.4 Å². The third-order valence-corrected chi connectivity index (χ3v) is 8.92. The number of ether oxygens (including phenoxy) is 1. The van der Waals surface area contributed by atoms with E-state index in [0.29, 0.717) is 25.9 Å². The molecule has 0 unspecified atom stereocenters. The molecule has 3 aromatic rings. The van der Waals surface area contributed by atoms with E-state index in [0.717, 1.165) is 6.07 Å². The molecule has 4 heterocycles. The van der Waals surface area contributed by atoms with Crippen molar-refractivity contribution in [3.05, 3.63) is 58.6 Å². The number of benzene rings is 1. The zero-order chi connectivity index (χ0) is 37.4. The van der Waals surface area contributed by atoms with Crippen LogP contribution in [0.1, 0.15) is 61.0 Å². The summed E-state index contributed by atoms with van der Waals surface area (Å²) < 4.78 is 36.0. The fourth-order valence-electron chi connectivity index (χ4n) is 6.07. The summed E-state index contributed by atoms with van der Waals surface area (Å²) in [5.41, 5.74) is -0.340. The first kappa shape index (κ1) is 37.4. The van der Waals surface area contributed by atoms with Gasteiger partial charge in [0.05, 0.1) is 40.7 Å². The Labute approximate surface area is 298 Å². The molecule has 17 heteroatoms. The number of aliphatic hydroxyl groups is 1. The molecule has 0 aliphatic carbocycles. The summed E-state index contributed by atoms with van der Waals surface area (Å²) >= 11 is 6.45. The summed E-state index contributed by atoms with van der Waals surface area (Å²) in [6, 6.07) is 4.27. The van der Waals surface area contributed by atoms with Crippen LogP contribution in [-0.2, 0) is 16.6 Å². The topological polar surface area (TPSA) is 162 Å². The van der Waals surface area contributed by atoms with Gasteiger partial charge in [-0.2, -0.15) is 9.37 Å². The first-order valence-corrected chi connectivity index (χ1v) is 16.7. The van der Waals surface area contributed by atoms with E-state index in [4.69, 9.17) is 16.3 Å². The lowest BCUT2D eigenvalue weighted by Crippen LogP contribution is -2.53. The maximum atomic E-state index is 14.8. The molecule has 5 rings (SSSR count). The predicted octanol–water partition coefficient (Wildman–Crippen LogP) is 3.82. The number of aromatic nitrogens is 3. The van der Waals surface area contributed by atoms with Crippen LogP contribution >= 0.6 is 11.6 Å². The number of imidazole rings is 1. The molecule has 2 aromatic heterocycles. The lowest BCUT2D eigenvalue weighted by atomic mass is 10.0. The molecule has 4 amide bonds. The Kier molecular flexibility index (Phi) is 10.9. The largest absolute Gasteiger partial charge is 0.444 e. The monoisotopic (exact) mass is 730 g/mol. The average Bonchev–Trinajstić information content (AvgIpc) is 3.63. The second-order valence-corrected chi connectivity index (χ2v) is 14.2. The Morgan fingerprint density at radius 3 is 2.39 bits per heavy atom. The van der Waals surface area contributed by atoms with Crippen molar-refractivity contribution in [1.82, 2.24) is 29.7 Å². The van der Waals surface area contributed by atoms with Crippen LogP contribution in [-0.4, -0.2) is 111 Å². The Bertz CT molecular complexity index is 1840. The highest BCUT2D eigenvalue weighted by molar-refractivity contribution is 6.34. The van der Waals surface area contributed by atoms with Crippen LogP contribution in [0.3, 0.4) is 0 Å². The molecule has 3 N–H and O–H groups in total. The van der Waals surface area contributed by atoms with Gasteiger partial charge in [0.1, 0.15) is 11.6 Å². The van der Waals surface area contributed by atoms with Crippen molar-refractivity contribution in [3.8, 4) is 11.3 Å². The van der Waals surface area contributed by atoms with Crippen LogP contribution in [0.15, 0.2) is 30.5 Å². The standard InChI is InChI=1S/C34H41ClF2N8O6/c1-34(2,3)51-33(50)45-17-20(46)14-25(45)32(49)44-11-9-18(10-12-44)39-30(47)21-8-7-19(13-23(21)35)40-31(48)29-38-16-26(43(29)6)22-15-24(36)28(42(4)5)41-27(22)37/h7-8,13,15-16,18,20,25,46H,9-12,14,17H2,1-6H3,(H,39,47)(H,40,48)/t20-,25+/m1/s1. The van der Waals surface area contributed by atoms with E-state index in [1.807, 2.05) is 0 Å². The number of piperidine rings is 1. The van der Waals surface area contributed by atoms with Crippen molar-refractivity contribution in [1.29, 1.82) is 0 Å². The van der Waals surface area contributed by atoms with E-state index in [2.05, 4.69) is 20.6 Å². The van der Waals surface area contributed by atoms with Crippen molar-refractivity contribution in [2.24, 2.45) is 7.05 Å². The highest BCUT2D eigenvalue weighted by Crippen LogP contribution is 2.29. The van der Waals surface area contributed by atoms with Gasteiger partial charge in [-0.25, -0.2) is 14.2 Å². The normalized spacial score (nSPS) is 18.1. The minimum atomic E-state index is -0.925. The third-order valence-electron chi connectivity index (χ3n) is 8.61. The lowest BCUT2D eigenvalue weighted by molar-refractivity contribution is -0.137. The van der Waals surface area contributed by atoms with E-state index in [9.17, 15) is 33.1 Å². The maximum Gasteiger partial charge on any atom is 0.411 e. The molecule has 0 bridgehead atoms. The summed E-state index contributed by atoms with van der Waals surface area (Å²) in [5, 5.41) is 15.9. The molecular weight excluding hydrogens is 690 g/mol. The highest BCUT2D eigenvalue weighted by Gasteiger charge is 2.43. The second kappa shape index (κ2) is 14.8. The van der Waals surface area contributed by atoms with Crippen LogP contribution in [0.4, 0.5) is 25.1 Å². The molecule has 2 saturated heterocycles. The minimum absolute atomic E-state index is 0.0128. The molecule has 2 aliphatic heterocycles. The lowest BCUT2D eigenvalue weighted by Gasteiger charge is -2.36. The summed E-state index contributed by atoms with van der Waals surface area (Å²) in [6.45, 7) is 5.88.